The normalized spacial score (nSPS) is 13.9. The Balaban J connectivity index is 1.65. The molecule has 1 atom stereocenters. The molecule has 1 aliphatic heterocycles. The van der Waals surface area contributed by atoms with Crippen molar-refractivity contribution in [3.05, 3.63) is 59.5 Å². The molecule has 10 nitrogen and oxygen atoms in total. The molecule has 0 fully saturated rings. The van der Waals surface area contributed by atoms with Crippen molar-refractivity contribution in [2.75, 3.05) is 39.2 Å². The minimum Gasteiger partial charge on any atom is -0.488 e. The Hall–Kier alpha value is -4.12. The third-order valence-corrected chi connectivity index (χ3v) is 5.63. The number of ether oxygens (including phenoxy) is 4. The number of methoxy groups -OCH3 is 1. The number of nitrogens with one attached hydrogen (secondary N) is 1. The molecule has 2 heterocycles. The monoisotopic (exact) mass is 512 g/mol. The first-order valence-electron chi connectivity index (χ1n) is 11.8. The largest absolute Gasteiger partial charge is 0.488 e. The highest BCUT2D eigenvalue weighted by Crippen LogP contribution is 2.36. The Kier molecular flexibility index (Phi) is 7.92. The van der Waals surface area contributed by atoms with Gasteiger partial charge in [-0.05, 0) is 38.1 Å². The van der Waals surface area contributed by atoms with Gasteiger partial charge in [0.25, 0.3) is 11.8 Å². The lowest BCUT2D eigenvalue weighted by molar-refractivity contribution is 0.0796. The Labute approximate surface area is 213 Å². The number of fused-ring (bicyclic) bond motifs is 1. The number of halogens is 1. The second-order valence-electron chi connectivity index (χ2n) is 8.52. The average molecular weight is 513 g/mol. The lowest BCUT2D eigenvalue weighted by Crippen LogP contribution is -2.27. The maximum Gasteiger partial charge on any atom is 0.257 e. The van der Waals surface area contributed by atoms with E-state index in [1.54, 1.807) is 43.2 Å². The van der Waals surface area contributed by atoms with Crippen LogP contribution >= 0.6 is 0 Å². The van der Waals surface area contributed by atoms with Gasteiger partial charge in [0, 0.05) is 44.6 Å². The van der Waals surface area contributed by atoms with Crippen LogP contribution < -0.4 is 19.5 Å². The number of likely N-dealkylation sites (N-methyl/N-ethyl adjacent to an activating group) is 1. The van der Waals surface area contributed by atoms with Gasteiger partial charge in [-0.15, -0.1) is 0 Å². The van der Waals surface area contributed by atoms with E-state index in [0.717, 1.165) is 0 Å². The number of amides is 2. The van der Waals surface area contributed by atoms with Crippen molar-refractivity contribution in [3.8, 4) is 23.0 Å². The van der Waals surface area contributed by atoms with Crippen molar-refractivity contribution in [2.24, 2.45) is 0 Å². The van der Waals surface area contributed by atoms with E-state index in [1.165, 1.54) is 23.1 Å². The second kappa shape index (κ2) is 11.3. The summed E-state index contributed by atoms with van der Waals surface area (Å²) in [7, 11) is 3.18. The number of aromatic nitrogens is 2. The summed E-state index contributed by atoms with van der Waals surface area (Å²) in [6.45, 7) is 5.20. The fraction of sp³-hybridized carbons (Fsp3) is 0.346. The molecule has 11 heteroatoms. The maximum atomic E-state index is 15.4. The van der Waals surface area contributed by atoms with Crippen LogP contribution in [0.2, 0.25) is 0 Å². The molecule has 0 saturated carbocycles. The number of hydrogen-bond acceptors (Lipinski definition) is 7. The predicted octanol–water partition coefficient (Wildman–Crippen LogP) is 3.96. The molecule has 1 N–H and O–H groups in total. The molecule has 2 amide bonds. The average Bonchev–Trinajstić information content (AvgIpc) is 3.27. The van der Waals surface area contributed by atoms with E-state index in [2.05, 4.69) is 10.4 Å². The number of hydrogen-bond donors (Lipinski definition) is 1. The highest BCUT2D eigenvalue weighted by atomic mass is 19.1. The number of carbonyl (C=O) groups is 2. The van der Waals surface area contributed by atoms with Crippen LogP contribution in [0, 0.1) is 5.82 Å². The number of aryl methyl sites for hydroxylation is 1. The quantitative estimate of drug-likeness (QED) is 0.463. The summed E-state index contributed by atoms with van der Waals surface area (Å²) in [5, 5.41) is 7.00. The number of nitrogens with zero attached hydrogens (tertiary/aromatic N) is 3. The van der Waals surface area contributed by atoms with Crippen LogP contribution in [-0.4, -0.2) is 66.5 Å². The van der Waals surface area contributed by atoms with Gasteiger partial charge < -0.3 is 29.2 Å². The van der Waals surface area contributed by atoms with Crippen molar-refractivity contribution in [1.82, 2.24) is 14.7 Å². The summed E-state index contributed by atoms with van der Waals surface area (Å²) in [5.41, 5.74) is 0.327. The molecular weight excluding hydrogens is 483 g/mol. The summed E-state index contributed by atoms with van der Waals surface area (Å²) in [6, 6.07) is 9.05. The summed E-state index contributed by atoms with van der Waals surface area (Å²) >= 11 is 0. The van der Waals surface area contributed by atoms with Gasteiger partial charge in [-0.3, -0.25) is 14.3 Å². The summed E-state index contributed by atoms with van der Waals surface area (Å²) in [5.74, 6) is -1.06. The Morgan fingerprint density at radius 1 is 1.24 bits per heavy atom. The van der Waals surface area contributed by atoms with Crippen molar-refractivity contribution in [3.63, 3.8) is 0 Å². The van der Waals surface area contributed by atoms with Crippen LogP contribution in [0.3, 0.4) is 0 Å². The first-order chi connectivity index (χ1) is 17.8. The number of benzene rings is 2. The SMILES string of the molecule is CCn1ccc(NC(=O)c2cc(Oc3ccc4c(c3F)OCCN(C)C4=O)cc(O[C@@H](C)COC)c2)n1. The number of rotatable bonds is 9. The van der Waals surface area contributed by atoms with E-state index >= 15 is 4.39 Å². The van der Waals surface area contributed by atoms with Crippen LogP contribution in [0.25, 0.3) is 0 Å². The molecule has 196 valence electrons. The van der Waals surface area contributed by atoms with Gasteiger partial charge in [-0.25, -0.2) is 0 Å². The molecule has 0 spiro atoms. The van der Waals surface area contributed by atoms with Gasteiger partial charge in [0.15, 0.2) is 17.3 Å². The highest BCUT2D eigenvalue weighted by Gasteiger charge is 2.26. The van der Waals surface area contributed by atoms with E-state index < -0.39 is 11.7 Å². The minimum absolute atomic E-state index is 0.113. The standard InChI is InChI=1S/C26H29FN4O6/c1-5-31-9-8-22(29-31)28-25(32)17-12-18(36-16(2)15-34-4)14-19(13-17)37-21-7-6-20-24(23(21)27)35-11-10-30(3)26(20)33/h6-9,12-14,16H,5,10-11,15H2,1-4H3,(H,28,29,32)/t16-/m0/s1. The zero-order valence-corrected chi connectivity index (χ0v) is 21.1. The lowest BCUT2D eigenvalue weighted by atomic mass is 10.1. The summed E-state index contributed by atoms with van der Waals surface area (Å²) in [4.78, 5) is 27.0. The first kappa shape index (κ1) is 26.0. The van der Waals surface area contributed by atoms with E-state index in [4.69, 9.17) is 18.9 Å². The molecule has 0 unspecified atom stereocenters. The Bertz CT molecular complexity index is 1290. The molecule has 0 saturated heterocycles. The zero-order valence-electron chi connectivity index (χ0n) is 21.1. The number of anilines is 1. The molecule has 4 rings (SSSR count). The minimum atomic E-state index is -0.809. The Morgan fingerprint density at radius 2 is 2.03 bits per heavy atom. The van der Waals surface area contributed by atoms with Gasteiger partial charge >= 0.3 is 0 Å². The van der Waals surface area contributed by atoms with Crippen molar-refractivity contribution >= 4 is 17.6 Å². The Morgan fingerprint density at radius 3 is 2.76 bits per heavy atom. The first-order valence-corrected chi connectivity index (χ1v) is 11.8. The van der Waals surface area contributed by atoms with E-state index in [0.29, 0.717) is 31.3 Å². The van der Waals surface area contributed by atoms with Crippen LogP contribution in [-0.2, 0) is 11.3 Å². The van der Waals surface area contributed by atoms with E-state index in [-0.39, 0.29) is 47.0 Å². The fourth-order valence-corrected chi connectivity index (χ4v) is 3.77. The molecule has 37 heavy (non-hydrogen) atoms. The summed E-state index contributed by atoms with van der Waals surface area (Å²) in [6.07, 6.45) is 1.43. The van der Waals surface area contributed by atoms with Crippen LogP contribution in [0.4, 0.5) is 10.2 Å². The van der Waals surface area contributed by atoms with Crippen molar-refractivity contribution in [1.29, 1.82) is 0 Å². The molecule has 0 aliphatic carbocycles. The molecule has 0 bridgehead atoms. The fourth-order valence-electron chi connectivity index (χ4n) is 3.77. The predicted molar refractivity (Wildman–Crippen MR) is 133 cm³/mol. The smallest absolute Gasteiger partial charge is 0.257 e. The second-order valence-corrected chi connectivity index (χ2v) is 8.52. The van der Waals surface area contributed by atoms with Gasteiger partial charge in [-0.2, -0.15) is 9.49 Å². The van der Waals surface area contributed by atoms with E-state index in [1.807, 2.05) is 13.8 Å². The molecule has 1 aliphatic rings. The van der Waals surface area contributed by atoms with Crippen molar-refractivity contribution < 1.29 is 32.9 Å². The van der Waals surface area contributed by atoms with Crippen molar-refractivity contribution in [2.45, 2.75) is 26.5 Å². The third kappa shape index (κ3) is 6.00. The van der Waals surface area contributed by atoms with Crippen LogP contribution in [0.15, 0.2) is 42.6 Å². The topological polar surface area (TPSA) is 104 Å². The lowest BCUT2D eigenvalue weighted by Gasteiger charge is -2.17. The van der Waals surface area contributed by atoms with E-state index in [9.17, 15) is 9.59 Å². The molecule has 0 radical (unpaired) electrons. The zero-order chi connectivity index (χ0) is 26.5. The van der Waals surface area contributed by atoms with Gasteiger partial charge in [0.05, 0.1) is 18.7 Å². The molecule has 2 aromatic carbocycles. The number of carbonyl (C=O) groups excluding carboxylic acids is 2. The molecular formula is C26H29FN4O6. The summed E-state index contributed by atoms with van der Waals surface area (Å²) < 4.78 is 39.4. The maximum absolute atomic E-state index is 15.4. The van der Waals surface area contributed by atoms with Crippen LogP contribution in [0.1, 0.15) is 34.6 Å². The third-order valence-electron chi connectivity index (χ3n) is 5.63. The molecule has 1 aromatic heterocycles. The highest BCUT2D eigenvalue weighted by molar-refractivity contribution is 6.04. The molecule has 3 aromatic rings. The van der Waals surface area contributed by atoms with Gasteiger partial charge in [0.2, 0.25) is 5.82 Å². The van der Waals surface area contributed by atoms with Gasteiger partial charge in [-0.1, -0.05) is 0 Å². The van der Waals surface area contributed by atoms with Gasteiger partial charge in [0.1, 0.15) is 24.2 Å². The van der Waals surface area contributed by atoms with Crippen LogP contribution in [0.5, 0.6) is 23.0 Å².